The van der Waals surface area contributed by atoms with Gasteiger partial charge in [-0.15, -0.1) is 0 Å². The molecule has 1 saturated carbocycles. The molecule has 0 bridgehead atoms. The largest absolute Gasteiger partial charge is 0.492 e. The minimum Gasteiger partial charge on any atom is -0.492 e. The molecule has 1 aliphatic heterocycles. The zero-order chi connectivity index (χ0) is 19.7. The molecule has 2 N–H and O–H groups in total. The van der Waals surface area contributed by atoms with Crippen molar-refractivity contribution in [1.82, 2.24) is 15.1 Å². The Bertz CT molecular complexity index is 863. The van der Waals surface area contributed by atoms with E-state index in [1.165, 1.54) is 0 Å². The first kappa shape index (κ1) is 19.0. The van der Waals surface area contributed by atoms with E-state index in [1.807, 2.05) is 12.1 Å². The molecule has 1 atom stereocenters. The van der Waals surface area contributed by atoms with Gasteiger partial charge in [0.1, 0.15) is 5.75 Å². The first-order valence-electron chi connectivity index (χ1n) is 9.33. The second kappa shape index (κ2) is 7.58. The third-order valence-electron chi connectivity index (χ3n) is 5.24. The van der Waals surface area contributed by atoms with Crippen LogP contribution in [0.3, 0.4) is 0 Å². The molecule has 0 radical (unpaired) electrons. The second-order valence-corrected chi connectivity index (χ2v) is 7.62. The molecular formula is C19H21ClF2N4O2. The molecule has 4 rings (SSSR count). The van der Waals surface area contributed by atoms with Crippen LogP contribution in [-0.2, 0) is 0 Å². The highest BCUT2D eigenvalue weighted by Gasteiger charge is 2.35. The molecular weight excluding hydrogens is 390 g/mol. The molecule has 1 fully saturated rings. The number of anilines is 1. The summed E-state index contributed by atoms with van der Waals surface area (Å²) in [7, 11) is 0. The van der Waals surface area contributed by atoms with Crippen LogP contribution in [0.15, 0.2) is 30.5 Å². The number of fused-ring (bicyclic) bond motifs is 1. The van der Waals surface area contributed by atoms with Gasteiger partial charge < -0.3 is 10.1 Å². The Labute approximate surface area is 166 Å². The maximum Gasteiger partial charge on any atom is 0.320 e. The lowest BCUT2D eigenvalue weighted by Gasteiger charge is -2.28. The van der Waals surface area contributed by atoms with Crippen LogP contribution in [0.25, 0.3) is 0 Å². The van der Waals surface area contributed by atoms with Crippen LogP contribution in [0.1, 0.15) is 49.8 Å². The summed E-state index contributed by atoms with van der Waals surface area (Å²) in [5.74, 6) is -1.60. The van der Waals surface area contributed by atoms with Crippen LogP contribution in [0.4, 0.5) is 19.4 Å². The molecule has 2 amide bonds. The Morgan fingerprint density at radius 3 is 2.82 bits per heavy atom. The van der Waals surface area contributed by atoms with Crippen molar-refractivity contribution in [2.75, 3.05) is 11.9 Å². The van der Waals surface area contributed by atoms with Gasteiger partial charge in [0.15, 0.2) is 5.82 Å². The van der Waals surface area contributed by atoms with E-state index in [4.69, 9.17) is 16.3 Å². The molecule has 6 nitrogen and oxygen atoms in total. The molecule has 9 heteroatoms. The van der Waals surface area contributed by atoms with Gasteiger partial charge in [0.2, 0.25) is 5.92 Å². The lowest BCUT2D eigenvalue weighted by molar-refractivity contribution is -0.0449. The fraction of sp³-hybridized carbons (Fsp3) is 0.474. The van der Waals surface area contributed by atoms with E-state index in [0.717, 1.165) is 5.56 Å². The monoisotopic (exact) mass is 410 g/mol. The fourth-order valence-corrected chi connectivity index (χ4v) is 3.98. The van der Waals surface area contributed by atoms with E-state index in [9.17, 15) is 13.6 Å². The van der Waals surface area contributed by atoms with Crippen molar-refractivity contribution >= 4 is 23.4 Å². The predicted octanol–water partition coefficient (Wildman–Crippen LogP) is 4.93. The number of carbonyl (C=O) groups is 1. The summed E-state index contributed by atoms with van der Waals surface area (Å²) in [5.41, 5.74) is 0.836. The van der Waals surface area contributed by atoms with Crippen molar-refractivity contribution in [3.05, 3.63) is 41.0 Å². The zero-order valence-electron chi connectivity index (χ0n) is 15.1. The van der Waals surface area contributed by atoms with Crippen molar-refractivity contribution in [1.29, 1.82) is 0 Å². The maximum atomic E-state index is 13.3. The van der Waals surface area contributed by atoms with Crippen LogP contribution in [0.2, 0.25) is 5.02 Å². The van der Waals surface area contributed by atoms with Crippen LogP contribution in [-0.4, -0.2) is 28.3 Å². The Balaban J connectivity index is 1.37. The minimum absolute atomic E-state index is 0.0669. The number of halogens is 3. The molecule has 2 aliphatic rings. The molecule has 1 aliphatic carbocycles. The lowest BCUT2D eigenvalue weighted by Crippen LogP contribution is -2.35. The molecule has 0 saturated heterocycles. The Morgan fingerprint density at radius 2 is 2.04 bits per heavy atom. The lowest BCUT2D eigenvalue weighted by atomic mass is 9.92. The SMILES string of the molecule is O=C(Nc1ccn(C2CCC(F)(F)CC2)n1)N[C@H]1CCOc2c(Cl)cccc21. The molecule has 150 valence electrons. The van der Waals surface area contributed by atoms with E-state index in [2.05, 4.69) is 15.7 Å². The average molecular weight is 411 g/mol. The van der Waals surface area contributed by atoms with Crippen molar-refractivity contribution < 1.29 is 18.3 Å². The smallest absolute Gasteiger partial charge is 0.320 e. The van der Waals surface area contributed by atoms with E-state index in [-0.39, 0.29) is 24.9 Å². The number of nitrogens with one attached hydrogen (secondary N) is 2. The molecule has 1 aromatic carbocycles. The summed E-state index contributed by atoms with van der Waals surface area (Å²) in [5, 5.41) is 10.5. The van der Waals surface area contributed by atoms with Crippen LogP contribution < -0.4 is 15.4 Å². The van der Waals surface area contributed by atoms with Crippen molar-refractivity contribution in [3.8, 4) is 5.75 Å². The van der Waals surface area contributed by atoms with Crippen molar-refractivity contribution in [3.63, 3.8) is 0 Å². The summed E-state index contributed by atoms with van der Waals surface area (Å²) >= 11 is 6.15. The number of amides is 2. The maximum absolute atomic E-state index is 13.3. The number of para-hydroxylation sites is 1. The average Bonchev–Trinajstić information content (AvgIpc) is 3.11. The normalized spacial score (nSPS) is 21.5. The first-order valence-corrected chi connectivity index (χ1v) is 9.71. The summed E-state index contributed by atoms with van der Waals surface area (Å²) in [6, 6.07) is 6.43. The summed E-state index contributed by atoms with van der Waals surface area (Å²) < 4.78 is 33.9. The number of hydrogen-bond acceptors (Lipinski definition) is 3. The Kier molecular flexibility index (Phi) is 5.14. The number of nitrogens with zero attached hydrogens (tertiary/aromatic N) is 2. The molecule has 0 unspecified atom stereocenters. The van der Waals surface area contributed by atoms with Crippen molar-refractivity contribution in [2.45, 2.75) is 50.1 Å². The van der Waals surface area contributed by atoms with Crippen LogP contribution in [0, 0.1) is 0 Å². The fourth-order valence-electron chi connectivity index (χ4n) is 3.74. The van der Waals surface area contributed by atoms with Gasteiger partial charge in [-0.2, -0.15) is 5.10 Å². The number of aromatic nitrogens is 2. The number of ether oxygens (including phenoxy) is 1. The van der Waals surface area contributed by atoms with Gasteiger partial charge in [0.05, 0.1) is 23.7 Å². The van der Waals surface area contributed by atoms with E-state index in [0.29, 0.717) is 42.5 Å². The topological polar surface area (TPSA) is 68.2 Å². The summed E-state index contributed by atoms with van der Waals surface area (Å²) in [6.07, 6.45) is 2.83. The van der Waals surface area contributed by atoms with E-state index >= 15 is 0 Å². The molecule has 1 aromatic heterocycles. The number of benzene rings is 1. The highest BCUT2D eigenvalue weighted by atomic mass is 35.5. The highest BCUT2D eigenvalue weighted by molar-refractivity contribution is 6.32. The van der Waals surface area contributed by atoms with Gasteiger partial charge in [-0.3, -0.25) is 10.00 Å². The molecule has 2 heterocycles. The van der Waals surface area contributed by atoms with Gasteiger partial charge >= 0.3 is 6.03 Å². The van der Waals surface area contributed by atoms with Gasteiger partial charge in [0.25, 0.3) is 0 Å². The third kappa shape index (κ3) is 4.06. The quantitative estimate of drug-likeness (QED) is 0.753. The summed E-state index contributed by atoms with van der Waals surface area (Å²) in [4.78, 5) is 12.4. The molecule has 28 heavy (non-hydrogen) atoms. The number of carbonyl (C=O) groups excluding carboxylic acids is 1. The van der Waals surface area contributed by atoms with Gasteiger partial charge in [-0.25, -0.2) is 13.6 Å². The second-order valence-electron chi connectivity index (χ2n) is 7.21. The number of rotatable bonds is 3. The number of hydrogen-bond donors (Lipinski definition) is 2. The van der Waals surface area contributed by atoms with E-state index < -0.39 is 12.0 Å². The number of urea groups is 1. The van der Waals surface area contributed by atoms with E-state index in [1.54, 1.807) is 23.0 Å². The predicted molar refractivity (Wildman–Crippen MR) is 101 cm³/mol. The highest BCUT2D eigenvalue weighted by Crippen LogP contribution is 2.39. The summed E-state index contributed by atoms with van der Waals surface area (Å²) in [6.45, 7) is 0.461. The molecule has 0 spiro atoms. The Hall–Kier alpha value is -2.35. The van der Waals surface area contributed by atoms with Crippen LogP contribution >= 0.6 is 11.6 Å². The van der Waals surface area contributed by atoms with Crippen molar-refractivity contribution in [2.24, 2.45) is 0 Å². The van der Waals surface area contributed by atoms with Gasteiger partial charge in [-0.05, 0) is 18.9 Å². The Morgan fingerprint density at radius 1 is 1.25 bits per heavy atom. The van der Waals surface area contributed by atoms with Gasteiger partial charge in [-0.1, -0.05) is 23.7 Å². The van der Waals surface area contributed by atoms with Gasteiger partial charge in [0, 0.05) is 37.1 Å². The standard InChI is InChI=1S/C19H21ClF2N4O2/c20-14-3-1-2-13-15(7-11-28-17(13)14)23-18(27)24-16-6-10-26(25-16)12-4-8-19(21,22)9-5-12/h1-3,6,10,12,15H,4-5,7-9,11H2,(H2,23,24,25,27)/t15-/m0/s1. The first-order chi connectivity index (χ1) is 13.4. The third-order valence-corrected chi connectivity index (χ3v) is 5.54. The number of alkyl halides is 2. The molecule has 2 aromatic rings. The van der Waals surface area contributed by atoms with Crippen LogP contribution in [0.5, 0.6) is 5.75 Å². The zero-order valence-corrected chi connectivity index (χ0v) is 15.9. The minimum atomic E-state index is -2.58.